The lowest BCUT2D eigenvalue weighted by Gasteiger charge is -2.34. The average molecular weight is 768 g/mol. The van der Waals surface area contributed by atoms with Gasteiger partial charge >= 0.3 is 0 Å². The molecule has 0 spiro atoms. The maximum Gasteiger partial charge on any atom is 0.135 e. The van der Waals surface area contributed by atoms with Crippen LogP contribution in [0.1, 0.15) is 47.2 Å². The fourth-order valence-corrected chi connectivity index (χ4v) is 10.6. The van der Waals surface area contributed by atoms with E-state index in [1.54, 1.807) is 0 Å². The van der Waals surface area contributed by atoms with Crippen LogP contribution in [0.4, 0.5) is 17.1 Å². The van der Waals surface area contributed by atoms with Crippen LogP contribution in [0.25, 0.3) is 55.3 Å². The monoisotopic (exact) mass is 767 g/mol. The molecule has 2 aliphatic rings. The minimum Gasteiger partial charge on any atom is -0.456 e. The lowest BCUT2D eigenvalue weighted by atomic mass is 9.67. The van der Waals surface area contributed by atoms with Gasteiger partial charge < -0.3 is 9.32 Å². The third-order valence-corrected chi connectivity index (χ3v) is 13.4. The molecule has 1 aromatic heterocycles. The van der Waals surface area contributed by atoms with Crippen LogP contribution in [0.5, 0.6) is 0 Å². The van der Waals surface area contributed by atoms with Gasteiger partial charge in [-0.2, -0.15) is 0 Å². The molecule has 0 amide bonds. The molecule has 9 aromatic carbocycles. The van der Waals surface area contributed by atoms with E-state index in [2.05, 4.69) is 225 Å². The number of furan rings is 1. The van der Waals surface area contributed by atoms with Crippen LogP contribution in [0.15, 0.2) is 217 Å². The quantitative estimate of drug-likeness (QED) is 0.168. The second-order valence-corrected chi connectivity index (χ2v) is 16.8. The van der Waals surface area contributed by atoms with Crippen molar-refractivity contribution in [1.82, 2.24) is 0 Å². The number of rotatable bonds is 6. The standard InChI is InChI=1S/C58H41NO/c1-57(2)51-20-10-6-16-45(51)48-35-33-44(37-54(48)57)59(42-29-24-39(25-30-42)38-14-4-3-5-15-38)43-31-26-40(27-32-43)58(52-21-11-7-17-46(52)47-18-8-12-22-53(47)58)41-28-34-50-49-19-9-13-23-55(49)60-56(50)36-41/h3-37H,1-2H3. The van der Waals surface area contributed by atoms with Crippen LogP contribution in [0.2, 0.25) is 0 Å². The zero-order valence-corrected chi connectivity index (χ0v) is 33.6. The van der Waals surface area contributed by atoms with Gasteiger partial charge in [-0.05, 0) is 115 Å². The molecule has 2 nitrogen and oxygen atoms in total. The molecular weight excluding hydrogens is 727 g/mol. The highest BCUT2D eigenvalue weighted by Crippen LogP contribution is 2.57. The highest BCUT2D eigenvalue weighted by atomic mass is 16.3. The minimum atomic E-state index is -0.565. The lowest BCUT2D eigenvalue weighted by Crippen LogP contribution is -2.28. The second kappa shape index (κ2) is 13.0. The molecule has 0 atom stereocenters. The summed E-state index contributed by atoms with van der Waals surface area (Å²) in [7, 11) is 0. The molecule has 0 fully saturated rings. The Morgan fingerprint density at radius 2 is 0.850 bits per heavy atom. The SMILES string of the molecule is CC1(C)c2ccccc2-c2ccc(N(c3ccc(-c4ccccc4)cc3)c3ccc(C4(c5ccc6c(c5)oc5ccccc56)c5ccccc5-c5ccccc54)cc3)cc21. The molecule has 2 heteroatoms. The first-order valence-electron chi connectivity index (χ1n) is 20.9. The van der Waals surface area contributed by atoms with Crippen molar-refractivity contribution in [2.45, 2.75) is 24.7 Å². The molecule has 1 heterocycles. The summed E-state index contributed by atoms with van der Waals surface area (Å²) in [5.41, 5.74) is 19.7. The molecule has 0 unspecified atom stereocenters. The van der Waals surface area contributed by atoms with Gasteiger partial charge in [0.25, 0.3) is 0 Å². The summed E-state index contributed by atoms with van der Waals surface area (Å²) in [5, 5.41) is 2.27. The summed E-state index contributed by atoms with van der Waals surface area (Å²) in [6, 6.07) is 78.0. The van der Waals surface area contributed by atoms with Crippen molar-refractivity contribution >= 4 is 39.0 Å². The van der Waals surface area contributed by atoms with E-state index in [4.69, 9.17) is 4.42 Å². The molecule has 0 radical (unpaired) electrons. The highest BCUT2D eigenvalue weighted by molar-refractivity contribution is 6.05. The fraction of sp³-hybridized carbons (Fsp3) is 0.0690. The Bertz CT molecular complexity index is 3230. The predicted molar refractivity (Wildman–Crippen MR) is 249 cm³/mol. The van der Waals surface area contributed by atoms with Crippen molar-refractivity contribution in [2.75, 3.05) is 4.90 Å². The molecular formula is C58H41NO. The first-order chi connectivity index (χ1) is 29.5. The largest absolute Gasteiger partial charge is 0.456 e. The number of para-hydroxylation sites is 1. The van der Waals surface area contributed by atoms with Crippen LogP contribution in [-0.2, 0) is 10.8 Å². The van der Waals surface area contributed by atoms with Gasteiger partial charge in [-0.1, -0.05) is 178 Å². The van der Waals surface area contributed by atoms with Crippen molar-refractivity contribution in [3.63, 3.8) is 0 Å². The molecule has 0 aliphatic heterocycles. The van der Waals surface area contributed by atoms with Crippen molar-refractivity contribution in [2.24, 2.45) is 0 Å². The lowest BCUT2D eigenvalue weighted by molar-refractivity contribution is 0.660. The maximum absolute atomic E-state index is 6.55. The highest BCUT2D eigenvalue weighted by Gasteiger charge is 2.46. The van der Waals surface area contributed by atoms with E-state index in [9.17, 15) is 0 Å². The molecule has 60 heavy (non-hydrogen) atoms. The zero-order chi connectivity index (χ0) is 40.0. The summed E-state index contributed by atoms with van der Waals surface area (Å²) < 4.78 is 6.55. The Morgan fingerprint density at radius 1 is 0.350 bits per heavy atom. The third kappa shape index (κ3) is 4.94. The first-order valence-corrected chi connectivity index (χ1v) is 20.9. The molecule has 2 aliphatic carbocycles. The Balaban J connectivity index is 1.05. The van der Waals surface area contributed by atoms with Gasteiger partial charge in [0.05, 0.1) is 5.41 Å². The summed E-state index contributed by atoms with van der Waals surface area (Å²) in [5.74, 6) is 0. The Hall–Kier alpha value is -7.42. The topological polar surface area (TPSA) is 16.4 Å². The van der Waals surface area contributed by atoms with Crippen molar-refractivity contribution in [3.8, 4) is 33.4 Å². The van der Waals surface area contributed by atoms with Gasteiger partial charge in [0.2, 0.25) is 0 Å². The molecule has 0 N–H and O–H groups in total. The molecule has 10 aromatic rings. The smallest absolute Gasteiger partial charge is 0.135 e. The van der Waals surface area contributed by atoms with Crippen LogP contribution < -0.4 is 4.90 Å². The van der Waals surface area contributed by atoms with E-state index in [1.165, 1.54) is 66.8 Å². The van der Waals surface area contributed by atoms with Crippen LogP contribution >= 0.6 is 0 Å². The molecule has 0 saturated carbocycles. The number of anilines is 3. The Morgan fingerprint density at radius 3 is 1.55 bits per heavy atom. The molecule has 284 valence electrons. The maximum atomic E-state index is 6.55. The van der Waals surface area contributed by atoms with Crippen molar-refractivity contribution in [1.29, 1.82) is 0 Å². The number of hydrogen-bond donors (Lipinski definition) is 0. The van der Waals surface area contributed by atoms with Gasteiger partial charge in [-0.3, -0.25) is 0 Å². The van der Waals surface area contributed by atoms with E-state index in [0.717, 1.165) is 39.0 Å². The summed E-state index contributed by atoms with van der Waals surface area (Å²) in [6.45, 7) is 4.71. The van der Waals surface area contributed by atoms with E-state index in [-0.39, 0.29) is 5.41 Å². The number of fused-ring (bicyclic) bond motifs is 9. The van der Waals surface area contributed by atoms with E-state index in [1.807, 2.05) is 6.07 Å². The average Bonchev–Trinajstić information content (AvgIpc) is 3.91. The first kappa shape index (κ1) is 34.6. The van der Waals surface area contributed by atoms with E-state index < -0.39 is 5.41 Å². The third-order valence-electron chi connectivity index (χ3n) is 13.4. The van der Waals surface area contributed by atoms with Gasteiger partial charge in [0, 0.05) is 33.2 Å². The van der Waals surface area contributed by atoms with Crippen LogP contribution in [-0.4, -0.2) is 0 Å². The second-order valence-electron chi connectivity index (χ2n) is 16.8. The Kier molecular flexibility index (Phi) is 7.52. The van der Waals surface area contributed by atoms with Gasteiger partial charge in [0.15, 0.2) is 0 Å². The normalized spacial score (nSPS) is 14.1. The predicted octanol–water partition coefficient (Wildman–Crippen LogP) is 15.4. The summed E-state index contributed by atoms with van der Waals surface area (Å²) >= 11 is 0. The van der Waals surface area contributed by atoms with Crippen LogP contribution in [0, 0.1) is 0 Å². The van der Waals surface area contributed by atoms with Crippen molar-refractivity contribution in [3.05, 3.63) is 246 Å². The van der Waals surface area contributed by atoms with Gasteiger partial charge in [-0.15, -0.1) is 0 Å². The zero-order valence-electron chi connectivity index (χ0n) is 33.6. The summed E-state index contributed by atoms with van der Waals surface area (Å²) in [4.78, 5) is 2.42. The van der Waals surface area contributed by atoms with Gasteiger partial charge in [0.1, 0.15) is 11.2 Å². The molecule has 0 saturated heterocycles. The Labute approximate surface area is 350 Å². The number of benzene rings is 9. The van der Waals surface area contributed by atoms with Gasteiger partial charge in [-0.25, -0.2) is 0 Å². The van der Waals surface area contributed by atoms with E-state index in [0.29, 0.717) is 0 Å². The number of nitrogens with zero attached hydrogens (tertiary/aromatic N) is 1. The number of hydrogen-bond acceptors (Lipinski definition) is 2. The van der Waals surface area contributed by atoms with Crippen LogP contribution in [0.3, 0.4) is 0 Å². The minimum absolute atomic E-state index is 0.120. The molecule has 0 bridgehead atoms. The van der Waals surface area contributed by atoms with E-state index >= 15 is 0 Å². The fourth-order valence-electron chi connectivity index (χ4n) is 10.6. The van der Waals surface area contributed by atoms with Crippen molar-refractivity contribution < 1.29 is 4.42 Å². The molecule has 12 rings (SSSR count). The summed E-state index contributed by atoms with van der Waals surface area (Å²) in [6.07, 6.45) is 0.